The van der Waals surface area contributed by atoms with E-state index < -0.39 is 0 Å². The smallest absolute Gasteiger partial charge is 0.129 e. The van der Waals surface area contributed by atoms with Crippen LogP contribution in [-0.4, -0.2) is 8.75 Å². The maximum absolute atomic E-state index is 13.0. The topological polar surface area (TPSA) is 37.8 Å². The summed E-state index contributed by atoms with van der Waals surface area (Å²) < 4.78 is 21.4. The first-order chi connectivity index (χ1) is 9.65. The molecule has 102 valence electrons. The van der Waals surface area contributed by atoms with Gasteiger partial charge in [0.2, 0.25) is 0 Å². The lowest BCUT2D eigenvalue weighted by molar-refractivity contribution is 0.627. The summed E-state index contributed by atoms with van der Waals surface area (Å²) >= 11 is 13.3. The summed E-state index contributed by atoms with van der Waals surface area (Å²) in [5.74, 6) is -0.359. The van der Waals surface area contributed by atoms with E-state index in [0.717, 1.165) is 28.3 Å². The van der Waals surface area contributed by atoms with E-state index in [1.165, 1.54) is 12.1 Å². The first-order valence-corrected chi connectivity index (χ1v) is 7.22. The van der Waals surface area contributed by atoms with Gasteiger partial charge in [-0.1, -0.05) is 29.3 Å². The third-order valence-corrected chi connectivity index (χ3v) is 4.06. The van der Waals surface area contributed by atoms with E-state index in [1.807, 2.05) is 6.07 Å². The fraction of sp³-hybridized carbons (Fsp3) is 0.0769. The van der Waals surface area contributed by atoms with Crippen LogP contribution in [0, 0.1) is 5.82 Å². The zero-order chi connectivity index (χ0) is 14.1. The van der Waals surface area contributed by atoms with Crippen LogP contribution in [0.1, 0.15) is 5.56 Å². The SMILES string of the molecule is Fc1ccc(CNc2c(Cl)ccc3nsnc23)c(Cl)c1. The minimum Gasteiger partial charge on any atom is -0.378 e. The Morgan fingerprint density at radius 1 is 1.10 bits per heavy atom. The molecule has 0 unspecified atom stereocenters. The van der Waals surface area contributed by atoms with Gasteiger partial charge in [0.25, 0.3) is 0 Å². The number of rotatable bonds is 3. The second-order valence-electron chi connectivity index (χ2n) is 4.14. The lowest BCUT2D eigenvalue weighted by Crippen LogP contribution is -2.01. The number of aromatic nitrogens is 2. The summed E-state index contributed by atoms with van der Waals surface area (Å²) in [4.78, 5) is 0. The van der Waals surface area contributed by atoms with E-state index in [0.29, 0.717) is 22.3 Å². The van der Waals surface area contributed by atoms with E-state index in [1.54, 1.807) is 12.1 Å². The summed E-state index contributed by atoms with van der Waals surface area (Å²) in [7, 11) is 0. The normalized spacial score (nSPS) is 10.9. The molecule has 7 heteroatoms. The Kier molecular flexibility index (Phi) is 3.74. The van der Waals surface area contributed by atoms with Crippen molar-refractivity contribution < 1.29 is 4.39 Å². The highest BCUT2D eigenvalue weighted by Crippen LogP contribution is 2.30. The zero-order valence-electron chi connectivity index (χ0n) is 10.0. The van der Waals surface area contributed by atoms with Gasteiger partial charge < -0.3 is 5.32 Å². The first kappa shape index (κ1) is 13.5. The van der Waals surface area contributed by atoms with Crippen molar-refractivity contribution in [2.24, 2.45) is 0 Å². The highest BCUT2D eigenvalue weighted by Gasteiger charge is 2.10. The van der Waals surface area contributed by atoms with Crippen LogP contribution in [0.4, 0.5) is 10.1 Å². The molecule has 1 heterocycles. The minimum absolute atomic E-state index is 0.359. The minimum atomic E-state index is -0.359. The predicted octanol–water partition coefficient (Wildman–Crippen LogP) is 4.75. The molecule has 0 aliphatic carbocycles. The highest BCUT2D eigenvalue weighted by molar-refractivity contribution is 7.00. The summed E-state index contributed by atoms with van der Waals surface area (Å²) in [6.45, 7) is 0.426. The third-order valence-electron chi connectivity index (χ3n) is 2.85. The number of hydrogen-bond acceptors (Lipinski definition) is 4. The number of benzene rings is 2. The van der Waals surface area contributed by atoms with Crippen LogP contribution < -0.4 is 5.32 Å². The standard InChI is InChI=1S/C13H8Cl2FN3S/c14-9-3-4-11-13(19-20-18-11)12(9)17-6-7-1-2-8(16)5-10(7)15/h1-5,17H,6H2. The molecule has 0 atom stereocenters. The maximum atomic E-state index is 13.0. The molecule has 0 saturated carbocycles. The van der Waals surface area contributed by atoms with Gasteiger partial charge >= 0.3 is 0 Å². The zero-order valence-corrected chi connectivity index (χ0v) is 12.4. The molecule has 0 bridgehead atoms. The van der Waals surface area contributed by atoms with Gasteiger partial charge in [0.15, 0.2) is 0 Å². The molecule has 0 spiro atoms. The molecule has 3 aromatic rings. The number of anilines is 1. The van der Waals surface area contributed by atoms with Crippen LogP contribution in [0.15, 0.2) is 30.3 Å². The molecule has 3 nitrogen and oxygen atoms in total. The summed E-state index contributed by atoms with van der Waals surface area (Å²) in [5, 5.41) is 4.12. The lowest BCUT2D eigenvalue weighted by atomic mass is 10.2. The monoisotopic (exact) mass is 327 g/mol. The molecule has 2 aromatic carbocycles. The number of hydrogen-bond donors (Lipinski definition) is 1. The van der Waals surface area contributed by atoms with Crippen molar-refractivity contribution in [3.05, 3.63) is 51.8 Å². The number of nitrogens with one attached hydrogen (secondary N) is 1. The largest absolute Gasteiger partial charge is 0.378 e. The molecule has 0 amide bonds. The Hall–Kier alpha value is -1.43. The van der Waals surface area contributed by atoms with Gasteiger partial charge in [-0.2, -0.15) is 8.75 Å². The number of fused-ring (bicyclic) bond motifs is 1. The Morgan fingerprint density at radius 2 is 1.95 bits per heavy atom. The lowest BCUT2D eigenvalue weighted by Gasteiger charge is -2.10. The van der Waals surface area contributed by atoms with Crippen molar-refractivity contribution in [2.75, 3.05) is 5.32 Å². The van der Waals surface area contributed by atoms with E-state index in [-0.39, 0.29) is 5.82 Å². The molecule has 0 saturated heterocycles. The number of nitrogens with zero attached hydrogens (tertiary/aromatic N) is 2. The maximum Gasteiger partial charge on any atom is 0.129 e. The van der Waals surface area contributed by atoms with Crippen LogP contribution >= 0.6 is 34.9 Å². The molecular weight excluding hydrogens is 320 g/mol. The molecule has 1 N–H and O–H groups in total. The molecule has 0 aliphatic heterocycles. The van der Waals surface area contributed by atoms with Crippen LogP contribution in [0.5, 0.6) is 0 Å². The van der Waals surface area contributed by atoms with Gasteiger partial charge in [0.05, 0.1) is 22.4 Å². The molecule has 3 rings (SSSR count). The van der Waals surface area contributed by atoms with Gasteiger partial charge in [-0.05, 0) is 29.8 Å². The Morgan fingerprint density at radius 3 is 2.75 bits per heavy atom. The van der Waals surface area contributed by atoms with E-state index in [4.69, 9.17) is 23.2 Å². The Labute approximate surface area is 128 Å². The summed E-state index contributed by atoms with van der Waals surface area (Å²) in [6.07, 6.45) is 0. The number of halogens is 3. The molecule has 0 fully saturated rings. The van der Waals surface area contributed by atoms with Gasteiger partial charge in [0, 0.05) is 11.6 Å². The molecule has 0 aliphatic rings. The van der Waals surface area contributed by atoms with Crippen molar-refractivity contribution in [3.63, 3.8) is 0 Å². The van der Waals surface area contributed by atoms with Gasteiger partial charge in [-0.15, -0.1) is 0 Å². The molecule has 1 aromatic heterocycles. The van der Waals surface area contributed by atoms with E-state index in [2.05, 4.69) is 14.1 Å². The average Bonchev–Trinajstić information content (AvgIpc) is 2.88. The van der Waals surface area contributed by atoms with Crippen molar-refractivity contribution >= 4 is 51.7 Å². The fourth-order valence-electron chi connectivity index (χ4n) is 1.84. The van der Waals surface area contributed by atoms with Crippen molar-refractivity contribution in [3.8, 4) is 0 Å². The van der Waals surface area contributed by atoms with E-state index >= 15 is 0 Å². The summed E-state index contributed by atoms with van der Waals surface area (Å²) in [6, 6.07) is 7.87. The van der Waals surface area contributed by atoms with Gasteiger partial charge in [-0.3, -0.25) is 0 Å². The van der Waals surface area contributed by atoms with Gasteiger partial charge in [0.1, 0.15) is 16.9 Å². The average molecular weight is 328 g/mol. The fourth-order valence-corrected chi connectivity index (χ4v) is 2.84. The van der Waals surface area contributed by atoms with Crippen LogP contribution in [-0.2, 0) is 6.54 Å². The molecule has 20 heavy (non-hydrogen) atoms. The summed E-state index contributed by atoms with van der Waals surface area (Å²) in [5.41, 5.74) is 3.00. The predicted molar refractivity (Wildman–Crippen MR) is 81.2 cm³/mol. The Bertz CT molecular complexity index is 775. The van der Waals surface area contributed by atoms with Crippen LogP contribution in [0.2, 0.25) is 10.0 Å². The van der Waals surface area contributed by atoms with Crippen LogP contribution in [0.3, 0.4) is 0 Å². The van der Waals surface area contributed by atoms with Crippen molar-refractivity contribution in [1.29, 1.82) is 0 Å². The third kappa shape index (κ3) is 2.57. The van der Waals surface area contributed by atoms with Crippen molar-refractivity contribution in [1.82, 2.24) is 8.75 Å². The quantitative estimate of drug-likeness (QED) is 0.754. The van der Waals surface area contributed by atoms with Crippen LogP contribution in [0.25, 0.3) is 11.0 Å². The second-order valence-corrected chi connectivity index (χ2v) is 5.49. The van der Waals surface area contributed by atoms with E-state index in [9.17, 15) is 4.39 Å². The first-order valence-electron chi connectivity index (χ1n) is 5.74. The molecule has 0 radical (unpaired) electrons. The van der Waals surface area contributed by atoms with Crippen molar-refractivity contribution in [2.45, 2.75) is 6.54 Å². The second kappa shape index (κ2) is 5.52. The molecular formula is C13H8Cl2FN3S. The van der Waals surface area contributed by atoms with Gasteiger partial charge in [-0.25, -0.2) is 4.39 Å². The Balaban J connectivity index is 1.90. The highest BCUT2D eigenvalue weighted by atomic mass is 35.5.